The lowest BCUT2D eigenvalue weighted by molar-refractivity contribution is 0.0925. The molecule has 1 aliphatic carbocycles. The molecule has 122 valence electrons. The Hall–Kier alpha value is -2.17. The van der Waals surface area contributed by atoms with E-state index in [1.165, 1.54) is 23.9 Å². The van der Waals surface area contributed by atoms with Gasteiger partial charge in [0, 0.05) is 18.5 Å². The van der Waals surface area contributed by atoms with E-state index in [4.69, 9.17) is 0 Å². The largest absolute Gasteiger partial charge is 0.348 e. The first kappa shape index (κ1) is 15.7. The number of aryl methyl sites for hydroxylation is 1. The molecule has 1 amide bonds. The Labute approximate surface area is 135 Å². The van der Waals surface area contributed by atoms with E-state index in [0.717, 1.165) is 25.7 Å². The van der Waals surface area contributed by atoms with Crippen LogP contribution in [0, 0.1) is 0 Å². The average molecular weight is 313 g/mol. The Morgan fingerprint density at radius 2 is 1.70 bits per heavy atom. The van der Waals surface area contributed by atoms with Gasteiger partial charge in [-0.2, -0.15) is 5.10 Å². The van der Waals surface area contributed by atoms with Gasteiger partial charge in [0.25, 0.3) is 11.5 Å². The van der Waals surface area contributed by atoms with E-state index >= 15 is 0 Å². The summed E-state index contributed by atoms with van der Waals surface area (Å²) in [5.41, 5.74) is 0.160. The summed E-state index contributed by atoms with van der Waals surface area (Å²) in [6.45, 7) is 0. The number of rotatable bonds is 2. The Morgan fingerprint density at radius 1 is 1.09 bits per heavy atom. The van der Waals surface area contributed by atoms with Crippen LogP contribution in [0.15, 0.2) is 29.1 Å². The van der Waals surface area contributed by atoms with Crippen LogP contribution in [0.25, 0.3) is 10.8 Å². The predicted molar refractivity (Wildman–Crippen MR) is 90.6 cm³/mol. The van der Waals surface area contributed by atoms with Crippen molar-refractivity contribution in [2.24, 2.45) is 7.05 Å². The molecule has 0 aliphatic heterocycles. The van der Waals surface area contributed by atoms with E-state index in [9.17, 15) is 9.59 Å². The number of hydrogen-bond acceptors (Lipinski definition) is 3. The second kappa shape index (κ2) is 6.94. The van der Waals surface area contributed by atoms with Gasteiger partial charge >= 0.3 is 0 Å². The van der Waals surface area contributed by atoms with Crippen LogP contribution in [0.4, 0.5) is 0 Å². The Balaban J connectivity index is 1.88. The first-order valence-electron chi connectivity index (χ1n) is 8.44. The molecular formula is C18H23N3O2. The van der Waals surface area contributed by atoms with Gasteiger partial charge in [-0.15, -0.1) is 0 Å². The maximum Gasteiger partial charge on any atom is 0.274 e. The zero-order chi connectivity index (χ0) is 16.2. The molecular weight excluding hydrogens is 290 g/mol. The molecule has 5 heteroatoms. The molecule has 0 radical (unpaired) electrons. The zero-order valence-electron chi connectivity index (χ0n) is 13.5. The van der Waals surface area contributed by atoms with Crippen LogP contribution < -0.4 is 10.9 Å². The van der Waals surface area contributed by atoms with E-state index in [2.05, 4.69) is 10.4 Å². The number of aromatic nitrogens is 2. The second-order valence-corrected chi connectivity index (χ2v) is 6.34. The van der Waals surface area contributed by atoms with Crippen molar-refractivity contribution >= 4 is 16.7 Å². The fraction of sp³-hybridized carbons (Fsp3) is 0.500. The minimum atomic E-state index is -0.178. The third-order valence-electron chi connectivity index (χ3n) is 4.61. The summed E-state index contributed by atoms with van der Waals surface area (Å²) >= 11 is 0. The molecule has 1 saturated carbocycles. The second-order valence-electron chi connectivity index (χ2n) is 6.34. The minimum Gasteiger partial charge on any atom is -0.348 e. The van der Waals surface area contributed by atoms with Gasteiger partial charge in [-0.1, -0.05) is 50.3 Å². The molecule has 0 bridgehead atoms. The number of fused-ring (bicyclic) bond motifs is 1. The van der Waals surface area contributed by atoms with Crippen molar-refractivity contribution < 1.29 is 4.79 Å². The fourth-order valence-electron chi connectivity index (χ4n) is 3.32. The standard InChI is InChI=1S/C18H23N3O2/c1-21-18(23)15-12-8-7-11-14(15)16(20-21)17(22)19-13-9-5-3-2-4-6-10-13/h7-8,11-13H,2-6,9-10H2,1H3,(H,19,22). The van der Waals surface area contributed by atoms with Crippen molar-refractivity contribution in [1.29, 1.82) is 0 Å². The summed E-state index contributed by atoms with van der Waals surface area (Å²) < 4.78 is 1.25. The van der Waals surface area contributed by atoms with E-state index in [1.807, 2.05) is 6.07 Å². The Morgan fingerprint density at radius 3 is 2.39 bits per heavy atom. The molecule has 0 unspecified atom stereocenters. The van der Waals surface area contributed by atoms with Crippen LogP contribution >= 0.6 is 0 Å². The molecule has 1 heterocycles. The third kappa shape index (κ3) is 3.44. The molecule has 1 N–H and O–H groups in total. The number of carbonyl (C=O) groups is 1. The topological polar surface area (TPSA) is 64.0 Å². The predicted octanol–water partition coefficient (Wildman–Crippen LogP) is 2.78. The highest BCUT2D eigenvalue weighted by Gasteiger charge is 2.19. The lowest BCUT2D eigenvalue weighted by atomic mass is 9.96. The third-order valence-corrected chi connectivity index (χ3v) is 4.61. The van der Waals surface area contributed by atoms with Gasteiger partial charge in [0.2, 0.25) is 0 Å². The molecule has 1 aliphatic rings. The first-order valence-corrected chi connectivity index (χ1v) is 8.44. The number of benzene rings is 1. The summed E-state index contributed by atoms with van der Waals surface area (Å²) in [4.78, 5) is 24.8. The highest BCUT2D eigenvalue weighted by atomic mass is 16.2. The summed E-state index contributed by atoms with van der Waals surface area (Å²) in [5, 5.41) is 8.48. The average Bonchev–Trinajstić information content (AvgIpc) is 2.53. The van der Waals surface area contributed by atoms with Gasteiger partial charge in [-0.3, -0.25) is 9.59 Å². The van der Waals surface area contributed by atoms with Crippen molar-refractivity contribution in [2.75, 3.05) is 0 Å². The van der Waals surface area contributed by atoms with Crippen molar-refractivity contribution in [2.45, 2.75) is 51.0 Å². The van der Waals surface area contributed by atoms with E-state index in [1.54, 1.807) is 25.2 Å². The monoisotopic (exact) mass is 313 g/mol. The van der Waals surface area contributed by atoms with Crippen LogP contribution in [0.1, 0.15) is 55.4 Å². The van der Waals surface area contributed by atoms with Crippen molar-refractivity contribution in [3.8, 4) is 0 Å². The van der Waals surface area contributed by atoms with Gasteiger partial charge < -0.3 is 5.32 Å². The lowest BCUT2D eigenvalue weighted by Gasteiger charge is -2.21. The molecule has 1 aromatic heterocycles. The number of nitrogens with one attached hydrogen (secondary N) is 1. The van der Waals surface area contributed by atoms with Gasteiger partial charge in [0.15, 0.2) is 5.69 Å². The van der Waals surface area contributed by atoms with Crippen molar-refractivity contribution in [1.82, 2.24) is 15.1 Å². The molecule has 0 atom stereocenters. The quantitative estimate of drug-likeness (QED) is 0.927. The maximum atomic E-state index is 12.7. The molecule has 3 rings (SSSR count). The Kier molecular flexibility index (Phi) is 4.74. The van der Waals surface area contributed by atoms with Crippen molar-refractivity contribution in [3.63, 3.8) is 0 Å². The lowest BCUT2D eigenvalue weighted by Crippen LogP contribution is -2.37. The van der Waals surface area contributed by atoms with Crippen LogP contribution in [-0.4, -0.2) is 21.7 Å². The summed E-state index contributed by atoms with van der Waals surface area (Å²) in [5.74, 6) is -0.178. The van der Waals surface area contributed by atoms with Crippen molar-refractivity contribution in [3.05, 3.63) is 40.3 Å². The van der Waals surface area contributed by atoms with Crippen LogP contribution in [0.3, 0.4) is 0 Å². The number of amides is 1. The van der Waals surface area contributed by atoms with Gasteiger partial charge in [0.1, 0.15) is 0 Å². The molecule has 1 aromatic carbocycles. The Bertz CT molecular complexity index is 758. The maximum absolute atomic E-state index is 12.7. The highest BCUT2D eigenvalue weighted by molar-refractivity contribution is 6.04. The molecule has 2 aromatic rings. The summed E-state index contributed by atoms with van der Waals surface area (Å²) in [6, 6.07) is 7.37. The highest BCUT2D eigenvalue weighted by Crippen LogP contribution is 2.18. The van der Waals surface area contributed by atoms with Crippen LogP contribution in [0.5, 0.6) is 0 Å². The van der Waals surface area contributed by atoms with E-state index in [0.29, 0.717) is 16.5 Å². The number of nitrogens with zero attached hydrogens (tertiary/aromatic N) is 2. The molecule has 0 saturated heterocycles. The summed E-state index contributed by atoms with van der Waals surface area (Å²) in [7, 11) is 1.58. The SMILES string of the molecule is Cn1nc(C(=O)NC2CCCCCCC2)c2ccccc2c1=O. The van der Waals surface area contributed by atoms with Crippen LogP contribution in [-0.2, 0) is 7.05 Å². The fourth-order valence-corrected chi connectivity index (χ4v) is 3.32. The number of carbonyl (C=O) groups excluding carboxylic acids is 1. The smallest absolute Gasteiger partial charge is 0.274 e. The molecule has 23 heavy (non-hydrogen) atoms. The van der Waals surface area contributed by atoms with E-state index in [-0.39, 0.29) is 17.5 Å². The zero-order valence-corrected chi connectivity index (χ0v) is 13.5. The minimum absolute atomic E-state index is 0.178. The summed E-state index contributed by atoms with van der Waals surface area (Å²) in [6.07, 6.45) is 8.15. The normalized spacial score (nSPS) is 16.7. The molecule has 5 nitrogen and oxygen atoms in total. The van der Waals surface area contributed by atoms with Gasteiger partial charge in [0.05, 0.1) is 5.39 Å². The number of hydrogen-bond donors (Lipinski definition) is 1. The van der Waals surface area contributed by atoms with Crippen LogP contribution in [0.2, 0.25) is 0 Å². The van der Waals surface area contributed by atoms with Gasteiger partial charge in [-0.05, 0) is 18.9 Å². The molecule has 0 spiro atoms. The molecule has 1 fully saturated rings. The van der Waals surface area contributed by atoms with Gasteiger partial charge in [-0.25, -0.2) is 4.68 Å². The first-order chi connectivity index (χ1) is 11.2. The van der Waals surface area contributed by atoms with E-state index < -0.39 is 0 Å².